The van der Waals surface area contributed by atoms with Crippen LogP contribution < -0.4 is 15.4 Å². The van der Waals surface area contributed by atoms with Crippen LogP contribution in [0.4, 0.5) is 5.69 Å². The minimum atomic E-state index is -1.14. The largest absolute Gasteiger partial charge is 0.489 e. The summed E-state index contributed by atoms with van der Waals surface area (Å²) in [6.45, 7) is 1.18. The molecule has 21 heavy (non-hydrogen) atoms. The first kappa shape index (κ1) is 13.7. The van der Waals surface area contributed by atoms with E-state index in [1.54, 1.807) is 12.1 Å². The Morgan fingerprint density at radius 3 is 2.76 bits per heavy atom. The molecule has 1 fully saturated rings. The normalized spacial score (nSPS) is 19.0. The topological polar surface area (TPSA) is 87.7 Å². The van der Waals surface area contributed by atoms with E-state index in [1.807, 2.05) is 6.07 Å². The molecule has 3 rings (SSSR count). The highest BCUT2D eigenvalue weighted by molar-refractivity contribution is 6.01. The van der Waals surface area contributed by atoms with Crippen LogP contribution in [0.5, 0.6) is 5.75 Å². The van der Waals surface area contributed by atoms with Gasteiger partial charge in [-0.15, -0.1) is 0 Å². The summed E-state index contributed by atoms with van der Waals surface area (Å²) in [7, 11) is 0. The van der Waals surface area contributed by atoms with E-state index in [9.17, 15) is 14.7 Å². The lowest BCUT2D eigenvalue weighted by Gasteiger charge is -2.27. The Kier molecular flexibility index (Phi) is 3.45. The van der Waals surface area contributed by atoms with Crippen molar-refractivity contribution in [3.05, 3.63) is 23.8 Å². The molecule has 0 unspecified atom stereocenters. The van der Waals surface area contributed by atoms with E-state index in [0.29, 0.717) is 37.3 Å². The molecule has 1 aliphatic heterocycles. The number of carbonyl (C=O) groups excluding carboxylic acids is 1. The number of benzene rings is 1. The molecular weight excluding hydrogens is 272 g/mol. The lowest BCUT2D eigenvalue weighted by molar-refractivity contribution is -0.144. The van der Waals surface area contributed by atoms with Crippen molar-refractivity contribution in [2.24, 2.45) is 0 Å². The SMILES string of the molecule is O=C(NC1(C(=O)O)CCCC1)c1cccc2c1OCCN2. The number of aliphatic carboxylic acids is 1. The number of fused-ring (bicyclic) bond motifs is 1. The molecule has 1 saturated carbocycles. The van der Waals surface area contributed by atoms with E-state index in [1.165, 1.54) is 0 Å². The Labute approximate surface area is 122 Å². The van der Waals surface area contributed by atoms with Crippen LogP contribution in [0.1, 0.15) is 36.0 Å². The summed E-state index contributed by atoms with van der Waals surface area (Å²) in [5.74, 6) is -0.850. The van der Waals surface area contributed by atoms with E-state index < -0.39 is 11.5 Å². The van der Waals surface area contributed by atoms with Gasteiger partial charge in [-0.2, -0.15) is 0 Å². The van der Waals surface area contributed by atoms with Gasteiger partial charge in [0.25, 0.3) is 5.91 Å². The van der Waals surface area contributed by atoms with Crippen LogP contribution in [0.15, 0.2) is 18.2 Å². The monoisotopic (exact) mass is 290 g/mol. The number of anilines is 1. The second-order valence-electron chi connectivity index (χ2n) is 5.51. The maximum absolute atomic E-state index is 12.5. The fraction of sp³-hybridized carbons (Fsp3) is 0.467. The number of carbonyl (C=O) groups is 2. The van der Waals surface area contributed by atoms with Crippen molar-refractivity contribution in [2.75, 3.05) is 18.5 Å². The van der Waals surface area contributed by atoms with Crippen molar-refractivity contribution in [3.8, 4) is 5.75 Å². The van der Waals surface area contributed by atoms with Crippen LogP contribution in [0, 0.1) is 0 Å². The molecule has 6 heteroatoms. The minimum Gasteiger partial charge on any atom is -0.489 e. The van der Waals surface area contributed by atoms with E-state index >= 15 is 0 Å². The highest BCUT2D eigenvalue weighted by Gasteiger charge is 2.43. The second kappa shape index (κ2) is 5.27. The molecule has 0 radical (unpaired) electrons. The summed E-state index contributed by atoms with van der Waals surface area (Å²) in [4.78, 5) is 24.0. The standard InChI is InChI=1S/C15H18N2O4/c18-13(17-15(14(19)20)6-1-2-7-15)10-4-3-5-11-12(10)21-9-8-16-11/h3-5,16H,1-2,6-9H2,(H,17,18)(H,19,20). The van der Waals surface area contributed by atoms with Crippen molar-refractivity contribution >= 4 is 17.6 Å². The van der Waals surface area contributed by atoms with Gasteiger partial charge in [0.2, 0.25) is 0 Å². The first-order chi connectivity index (χ1) is 10.1. The molecule has 2 aliphatic rings. The van der Waals surface area contributed by atoms with Gasteiger partial charge in [0.1, 0.15) is 12.1 Å². The molecule has 0 atom stereocenters. The summed E-state index contributed by atoms with van der Waals surface area (Å²) in [6.07, 6.45) is 2.58. The Balaban J connectivity index is 1.87. The first-order valence-corrected chi connectivity index (χ1v) is 7.18. The number of rotatable bonds is 3. The zero-order valence-electron chi connectivity index (χ0n) is 11.6. The van der Waals surface area contributed by atoms with Crippen molar-refractivity contribution in [2.45, 2.75) is 31.2 Å². The van der Waals surface area contributed by atoms with Gasteiger partial charge >= 0.3 is 5.97 Å². The molecule has 3 N–H and O–H groups in total. The van der Waals surface area contributed by atoms with Crippen molar-refractivity contribution in [1.29, 1.82) is 0 Å². The molecule has 1 amide bonds. The molecule has 1 aromatic rings. The average Bonchev–Trinajstić information content (AvgIpc) is 2.96. The molecule has 1 aromatic carbocycles. The number of carboxylic acids is 1. The average molecular weight is 290 g/mol. The van der Waals surface area contributed by atoms with Crippen LogP contribution in [-0.2, 0) is 4.79 Å². The number of para-hydroxylation sites is 1. The Hall–Kier alpha value is -2.24. The molecule has 0 bridgehead atoms. The number of ether oxygens (including phenoxy) is 1. The van der Waals surface area contributed by atoms with Gasteiger partial charge in [0, 0.05) is 6.54 Å². The fourth-order valence-corrected chi connectivity index (χ4v) is 3.00. The van der Waals surface area contributed by atoms with Gasteiger partial charge in [0.15, 0.2) is 5.75 Å². The summed E-state index contributed by atoms with van der Waals surface area (Å²) in [5.41, 5.74) is 0.0129. The lowest BCUT2D eigenvalue weighted by Crippen LogP contribution is -2.52. The molecule has 0 aromatic heterocycles. The van der Waals surface area contributed by atoms with Crippen LogP contribution in [0.25, 0.3) is 0 Å². The summed E-state index contributed by atoms with van der Waals surface area (Å²) >= 11 is 0. The van der Waals surface area contributed by atoms with E-state index in [2.05, 4.69) is 10.6 Å². The first-order valence-electron chi connectivity index (χ1n) is 7.18. The van der Waals surface area contributed by atoms with Crippen molar-refractivity contribution in [3.63, 3.8) is 0 Å². The highest BCUT2D eigenvalue weighted by Crippen LogP contribution is 2.34. The van der Waals surface area contributed by atoms with Gasteiger partial charge < -0.3 is 20.5 Å². The van der Waals surface area contributed by atoms with Gasteiger partial charge in [0.05, 0.1) is 11.3 Å². The van der Waals surface area contributed by atoms with Crippen LogP contribution in [0.2, 0.25) is 0 Å². The van der Waals surface area contributed by atoms with Crippen molar-refractivity contribution < 1.29 is 19.4 Å². The summed E-state index contributed by atoms with van der Waals surface area (Å²) in [5, 5.41) is 15.3. The van der Waals surface area contributed by atoms with Gasteiger partial charge in [-0.1, -0.05) is 18.9 Å². The van der Waals surface area contributed by atoms with E-state index in [4.69, 9.17) is 4.74 Å². The van der Waals surface area contributed by atoms with Crippen LogP contribution >= 0.6 is 0 Å². The maximum atomic E-state index is 12.5. The predicted octanol–water partition coefficient (Wildman–Crippen LogP) is 1.62. The highest BCUT2D eigenvalue weighted by atomic mass is 16.5. The minimum absolute atomic E-state index is 0.382. The van der Waals surface area contributed by atoms with Crippen LogP contribution in [0.3, 0.4) is 0 Å². The molecule has 0 saturated heterocycles. The Bertz CT molecular complexity index is 579. The van der Waals surface area contributed by atoms with Gasteiger partial charge in [-0.25, -0.2) is 4.79 Å². The Morgan fingerprint density at radius 2 is 2.05 bits per heavy atom. The number of carboxylic acid groups (broad SMARTS) is 1. The van der Waals surface area contributed by atoms with Crippen molar-refractivity contribution in [1.82, 2.24) is 5.32 Å². The number of amides is 1. The third-order valence-electron chi connectivity index (χ3n) is 4.14. The fourth-order valence-electron chi connectivity index (χ4n) is 3.00. The van der Waals surface area contributed by atoms with E-state index in [0.717, 1.165) is 18.5 Å². The van der Waals surface area contributed by atoms with E-state index in [-0.39, 0.29) is 5.91 Å². The van der Waals surface area contributed by atoms with Gasteiger partial charge in [-0.3, -0.25) is 4.79 Å². The van der Waals surface area contributed by atoms with Crippen LogP contribution in [-0.4, -0.2) is 35.7 Å². The third kappa shape index (κ3) is 2.41. The maximum Gasteiger partial charge on any atom is 0.329 e. The second-order valence-corrected chi connectivity index (χ2v) is 5.51. The third-order valence-corrected chi connectivity index (χ3v) is 4.14. The lowest BCUT2D eigenvalue weighted by atomic mass is 9.97. The predicted molar refractivity (Wildman–Crippen MR) is 76.7 cm³/mol. The van der Waals surface area contributed by atoms with Gasteiger partial charge in [-0.05, 0) is 25.0 Å². The number of hydrogen-bond acceptors (Lipinski definition) is 4. The quantitative estimate of drug-likeness (QED) is 0.787. The molecule has 0 spiro atoms. The zero-order chi connectivity index (χ0) is 14.9. The number of nitrogens with one attached hydrogen (secondary N) is 2. The summed E-state index contributed by atoms with van der Waals surface area (Å²) < 4.78 is 5.56. The summed E-state index contributed by atoms with van der Waals surface area (Å²) in [6, 6.07) is 5.26. The zero-order valence-corrected chi connectivity index (χ0v) is 11.6. The smallest absolute Gasteiger partial charge is 0.329 e. The molecule has 1 heterocycles. The Morgan fingerprint density at radius 1 is 1.29 bits per heavy atom. The molecular formula is C15H18N2O4. The molecule has 112 valence electrons. The number of hydrogen-bond donors (Lipinski definition) is 3. The molecule has 1 aliphatic carbocycles. The molecule has 6 nitrogen and oxygen atoms in total.